The molecule has 1 aromatic carbocycles. The lowest BCUT2D eigenvalue weighted by Crippen LogP contribution is -2.17. The zero-order valence-electron chi connectivity index (χ0n) is 12.5. The molecular formula is C15H18BrClN4. The Hall–Kier alpha value is -1.33. The van der Waals surface area contributed by atoms with Crippen molar-refractivity contribution in [3.05, 3.63) is 39.6 Å². The Kier molecular flexibility index (Phi) is 4.74. The molecule has 1 heterocycles. The van der Waals surface area contributed by atoms with Crippen LogP contribution in [0.5, 0.6) is 0 Å². The zero-order valence-corrected chi connectivity index (χ0v) is 14.8. The van der Waals surface area contributed by atoms with Gasteiger partial charge in [0, 0.05) is 18.5 Å². The predicted octanol–water partition coefficient (Wildman–Crippen LogP) is 4.98. The number of hydrogen-bond acceptors (Lipinski definition) is 4. The second-order valence-electron chi connectivity index (χ2n) is 5.69. The molecule has 2 rings (SSSR count). The molecule has 0 saturated carbocycles. The second-order valence-corrected chi connectivity index (χ2v) is 6.89. The van der Waals surface area contributed by atoms with Gasteiger partial charge in [0.05, 0.1) is 15.2 Å². The molecule has 0 spiro atoms. The van der Waals surface area contributed by atoms with Crippen LogP contribution >= 0.6 is 27.5 Å². The molecule has 0 bridgehead atoms. The molecule has 0 aliphatic carbocycles. The minimum Gasteiger partial charge on any atom is -0.373 e. The van der Waals surface area contributed by atoms with Gasteiger partial charge in [0.15, 0.2) is 0 Å². The summed E-state index contributed by atoms with van der Waals surface area (Å²) in [5.41, 5.74) is 0.734. The lowest BCUT2D eigenvalue weighted by atomic mass is 9.96. The van der Waals surface area contributed by atoms with Crippen molar-refractivity contribution < 1.29 is 0 Å². The van der Waals surface area contributed by atoms with Crippen LogP contribution < -0.4 is 10.6 Å². The van der Waals surface area contributed by atoms with Crippen LogP contribution in [0.4, 0.5) is 17.3 Å². The third-order valence-corrected chi connectivity index (χ3v) is 4.27. The normalized spacial score (nSPS) is 11.3. The van der Waals surface area contributed by atoms with Gasteiger partial charge in [0.2, 0.25) is 0 Å². The van der Waals surface area contributed by atoms with Crippen molar-refractivity contribution in [2.24, 2.45) is 0 Å². The number of anilines is 3. The number of hydrogen-bond donors (Lipinski definition) is 2. The molecule has 1 aromatic heterocycles. The van der Waals surface area contributed by atoms with Crippen molar-refractivity contribution >= 4 is 44.9 Å². The summed E-state index contributed by atoms with van der Waals surface area (Å²) >= 11 is 9.59. The molecule has 0 saturated heterocycles. The third kappa shape index (κ3) is 3.86. The largest absolute Gasteiger partial charge is 0.373 e. The zero-order chi connectivity index (χ0) is 15.6. The van der Waals surface area contributed by atoms with Gasteiger partial charge in [-0.1, -0.05) is 38.4 Å². The van der Waals surface area contributed by atoms with E-state index in [1.54, 1.807) is 0 Å². The second kappa shape index (κ2) is 6.20. The van der Waals surface area contributed by atoms with Gasteiger partial charge >= 0.3 is 0 Å². The molecule has 6 heteroatoms. The van der Waals surface area contributed by atoms with Crippen LogP contribution in [0.2, 0.25) is 5.02 Å². The topological polar surface area (TPSA) is 49.8 Å². The van der Waals surface area contributed by atoms with Gasteiger partial charge in [-0.15, -0.1) is 0 Å². The fourth-order valence-corrected chi connectivity index (χ4v) is 2.25. The summed E-state index contributed by atoms with van der Waals surface area (Å²) in [6.45, 7) is 6.25. The number of halogens is 2. The highest BCUT2D eigenvalue weighted by Gasteiger charge is 2.19. The van der Waals surface area contributed by atoms with Crippen LogP contribution in [-0.4, -0.2) is 17.0 Å². The van der Waals surface area contributed by atoms with E-state index in [0.29, 0.717) is 5.02 Å². The molecule has 0 atom stereocenters. The monoisotopic (exact) mass is 368 g/mol. The molecule has 0 unspecified atom stereocenters. The van der Waals surface area contributed by atoms with Crippen molar-refractivity contribution in [3.8, 4) is 0 Å². The van der Waals surface area contributed by atoms with Crippen molar-refractivity contribution in [1.82, 2.24) is 9.97 Å². The van der Waals surface area contributed by atoms with Crippen molar-refractivity contribution in [2.75, 3.05) is 17.7 Å². The van der Waals surface area contributed by atoms with E-state index in [-0.39, 0.29) is 5.41 Å². The molecule has 4 nitrogen and oxygen atoms in total. The summed E-state index contributed by atoms with van der Waals surface area (Å²) < 4.78 is 0.814. The minimum absolute atomic E-state index is 0.130. The molecule has 2 N–H and O–H groups in total. The quantitative estimate of drug-likeness (QED) is 0.801. The minimum atomic E-state index is -0.130. The van der Waals surface area contributed by atoms with Gasteiger partial charge in [0.25, 0.3) is 0 Å². The summed E-state index contributed by atoms with van der Waals surface area (Å²) in [6.07, 6.45) is 0. The van der Waals surface area contributed by atoms with Gasteiger partial charge in [-0.3, -0.25) is 0 Å². The Morgan fingerprint density at radius 2 is 1.81 bits per heavy atom. The lowest BCUT2D eigenvalue weighted by Gasteiger charge is -2.19. The molecular weight excluding hydrogens is 352 g/mol. The standard InChI is InChI=1S/C15H18BrClN4/c1-15(2,3)14-20-11(18-4)8-12(21-14)19-10-7-5-6-9(17)13(10)16/h5-8H,1-4H3,(H2,18,19,20,21). The van der Waals surface area contributed by atoms with Gasteiger partial charge in [-0.25, -0.2) is 9.97 Å². The molecule has 2 aromatic rings. The van der Waals surface area contributed by atoms with Crippen LogP contribution in [0, 0.1) is 0 Å². The number of nitrogens with zero attached hydrogens (tertiary/aromatic N) is 2. The number of aromatic nitrogens is 2. The molecule has 0 aliphatic heterocycles. The van der Waals surface area contributed by atoms with Crippen molar-refractivity contribution in [2.45, 2.75) is 26.2 Å². The molecule has 21 heavy (non-hydrogen) atoms. The van der Waals surface area contributed by atoms with Crippen LogP contribution in [0.15, 0.2) is 28.7 Å². The summed E-state index contributed by atoms with van der Waals surface area (Å²) in [4.78, 5) is 9.10. The van der Waals surface area contributed by atoms with E-state index in [2.05, 4.69) is 57.3 Å². The first kappa shape index (κ1) is 16.0. The highest BCUT2D eigenvalue weighted by atomic mass is 79.9. The van der Waals surface area contributed by atoms with E-state index in [9.17, 15) is 0 Å². The first-order chi connectivity index (χ1) is 9.81. The highest BCUT2D eigenvalue weighted by Crippen LogP contribution is 2.32. The van der Waals surface area contributed by atoms with Crippen molar-refractivity contribution in [1.29, 1.82) is 0 Å². The lowest BCUT2D eigenvalue weighted by molar-refractivity contribution is 0.547. The van der Waals surface area contributed by atoms with Gasteiger partial charge in [-0.2, -0.15) is 0 Å². The molecule has 0 aliphatic rings. The average Bonchev–Trinajstić information content (AvgIpc) is 2.42. The van der Waals surface area contributed by atoms with E-state index in [4.69, 9.17) is 11.6 Å². The van der Waals surface area contributed by atoms with E-state index >= 15 is 0 Å². The maximum atomic E-state index is 6.11. The third-order valence-electron chi connectivity index (χ3n) is 2.87. The summed E-state index contributed by atoms with van der Waals surface area (Å²) in [7, 11) is 1.84. The van der Waals surface area contributed by atoms with Gasteiger partial charge in [0.1, 0.15) is 17.5 Å². The Labute approximate surface area is 138 Å². The van der Waals surface area contributed by atoms with Crippen LogP contribution in [0.1, 0.15) is 26.6 Å². The van der Waals surface area contributed by atoms with Gasteiger partial charge < -0.3 is 10.6 Å². The molecule has 0 fully saturated rings. The molecule has 112 valence electrons. The Morgan fingerprint density at radius 3 is 2.43 bits per heavy atom. The first-order valence-corrected chi connectivity index (χ1v) is 7.76. The predicted molar refractivity (Wildman–Crippen MR) is 92.7 cm³/mol. The number of nitrogens with one attached hydrogen (secondary N) is 2. The maximum Gasteiger partial charge on any atom is 0.138 e. The van der Waals surface area contributed by atoms with E-state index in [1.807, 2.05) is 31.3 Å². The highest BCUT2D eigenvalue weighted by molar-refractivity contribution is 9.10. The Morgan fingerprint density at radius 1 is 1.14 bits per heavy atom. The summed E-state index contributed by atoms with van der Waals surface area (Å²) in [5, 5.41) is 6.99. The molecule has 0 amide bonds. The van der Waals surface area contributed by atoms with Crippen LogP contribution in [0.25, 0.3) is 0 Å². The van der Waals surface area contributed by atoms with Crippen LogP contribution in [0.3, 0.4) is 0 Å². The van der Waals surface area contributed by atoms with E-state index < -0.39 is 0 Å². The summed E-state index contributed by atoms with van der Waals surface area (Å²) in [5.74, 6) is 2.27. The van der Waals surface area contributed by atoms with Crippen molar-refractivity contribution in [3.63, 3.8) is 0 Å². The van der Waals surface area contributed by atoms with E-state index in [1.165, 1.54) is 0 Å². The first-order valence-electron chi connectivity index (χ1n) is 6.59. The maximum absolute atomic E-state index is 6.11. The Balaban J connectivity index is 2.42. The smallest absolute Gasteiger partial charge is 0.138 e. The Bertz CT molecular complexity index is 653. The number of benzene rings is 1. The molecule has 0 radical (unpaired) electrons. The van der Waals surface area contributed by atoms with Gasteiger partial charge in [-0.05, 0) is 28.1 Å². The number of rotatable bonds is 3. The van der Waals surface area contributed by atoms with Crippen LogP contribution in [-0.2, 0) is 5.41 Å². The fourth-order valence-electron chi connectivity index (χ4n) is 1.71. The SMILES string of the molecule is CNc1cc(Nc2cccc(Cl)c2Br)nc(C(C)(C)C)n1. The summed E-state index contributed by atoms with van der Waals surface area (Å²) in [6, 6.07) is 7.52. The van der Waals surface area contributed by atoms with E-state index in [0.717, 1.165) is 27.6 Å². The fraction of sp³-hybridized carbons (Fsp3) is 0.333. The average molecular weight is 370 g/mol.